The van der Waals surface area contributed by atoms with E-state index in [0.29, 0.717) is 23.7 Å². The second-order valence-corrected chi connectivity index (χ2v) is 8.31. The van der Waals surface area contributed by atoms with Gasteiger partial charge in [-0.25, -0.2) is 0 Å². The van der Waals surface area contributed by atoms with E-state index in [1.54, 1.807) is 17.2 Å². The molecule has 1 amide bonds. The Morgan fingerprint density at radius 1 is 1.19 bits per heavy atom. The van der Waals surface area contributed by atoms with Gasteiger partial charge in [-0.3, -0.25) is 14.0 Å². The molecule has 0 fully saturated rings. The predicted octanol–water partition coefficient (Wildman–Crippen LogP) is 3.60. The predicted molar refractivity (Wildman–Crippen MR) is 109 cm³/mol. The average Bonchev–Trinajstić information content (AvgIpc) is 2.72. The third kappa shape index (κ3) is 4.05. The number of benzene rings is 2. The number of hydrogen-bond acceptors (Lipinski definition) is 3. The highest BCUT2D eigenvalue weighted by atomic mass is 35.5. The maximum Gasteiger partial charge on any atom is 0.248 e. The molecule has 2 aromatic carbocycles. The van der Waals surface area contributed by atoms with E-state index in [9.17, 15) is 9.00 Å². The van der Waals surface area contributed by atoms with Crippen LogP contribution in [0, 0.1) is 6.92 Å². The maximum absolute atomic E-state index is 12.7. The highest BCUT2D eigenvalue weighted by molar-refractivity contribution is 7.84. The molecule has 0 spiro atoms. The molecule has 136 valence electrons. The van der Waals surface area contributed by atoms with E-state index in [1.165, 1.54) is 0 Å². The van der Waals surface area contributed by atoms with Crippen LogP contribution in [0.3, 0.4) is 0 Å². The van der Waals surface area contributed by atoms with E-state index in [1.807, 2.05) is 43.3 Å². The number of rotatable bonds is 5. The summed E-state index contributed by atoms with van der Waals surface area (Å²) in [6.07, 6.45) is 2.36. The second-order valence-electron chi connectivity index (χ2n) is 6.32. The van der Waals surface area contributed by atoms with Crippen LogP contribution in [-0.2, 0) is 15.6 Å². The number of benzodiazepines with no additional fused rings is 1. The fourth-order valence-corrected chi connectivity index (χ4v) is 3.83. The zero-order valence-electron chi connectivity index (χ0n) is 14.9. The molecule has 3 rings (SSSR count). The largest absolute Gasteiger partial charge is 0.310 e. The summed E-state index contributed by atoms with van der Waals surface area (Å²) in [6.45, 7) is 2.64. The van der Waals surface area contributed by atoms with E-state index < -0.39 is 10.8 Å². The Bertz CT molecular complexity index is 895. The molecular weight excluding hydrogens is 368 g/mol. The highest BCUT2D eigenvalue weighted by Crippen LogP contribution is 2.30. The van der Waals surface area contributed by atoms with Crippen LogP contribution in [0.1, 0.15) is 23.1 Å². The molecule has 1 atom stereocenters. The Morgan fingerprint density at radius 2 is 1.96 bits per heavy atom. The van der Waals surface area contributed by atoms with Gasteiger partial charge in [-0.2, -0.15) is 0 Å². The molecule has 0 bridgehead atoms. The van der Waals surface area contributed by atoms with E-state index in [2.05, 4.69) is 4.99 Å². The number of carbonyl (C=O) groups is 1. The molecule has 1 aliphatic heterocycles. The molecule has 2 aromatic rings. The first-order chi connectivity index (χ1) is 12.5. The molecule has 4 nitrogen and oxygen atoms in total. The molecule has 1 heterocycles. The zero-order chi connectivity index (χ0) is 18.7. The number of anilines is 1. The standard InChI is InChI=1S/C20H21ClN2O2S/c1-14-6-3-4-7-16(14)20-17-12-15(21)8-9-18(17)23(19(24)13-22-20)10-5-11-26(2)25/h3-4,6-9,12H,5,10-11,13H2,1-2H3. The number of hydrogen-bond donors (Lipinski definition) is 0. The Labute approximate surface area is 161 Å². The van der Waals surface area contributed by atoms with Crippen LogP contribution in [0.4, 0.5) is 5.69 Å². The van der Waals surface area contributed by atoms with Gasteiger partial charge in [-0.05, 0) is 37.1 Å². The number of aliphatic imine (C=N–C) groups is 1. The van der Waals surface area contributed by atoms with Crippen molar-refractivity contribution in [1.29, 1.82) is 0 Å². The van der Waals surface area contributed by atoms with Crippen molar-refractivity contribution in [3.63, 3.8) is 0 Å². The maximum atomic E-state index is 12.7. The van der Waals surface area contributed by atoms with Crippen molar-refractivity contribution in [2.45, 2.75) is 13.3 Å². The van der Waals surface area contributed by atoms with Gasteiger partial charge in [0.15, 0.2) is 0 Å². The van der Waals surface area contributed by atoms with Crippen molar-refractivity contribution < 1.29 is 9.00 Å². The molecule has 0 aliphatic carbocycles. The van der Waals surface area contributed by atoms with Gasteiger partial charge >= 0.3 is 0 Å². The summed E-state index contributed by atoms with van der Waals surface area (Å²) in [6, 6.07) is 13.5. The Balaban J connectivity index is 2.06. The number of nitrogens with zero attached hydrogens (tertiary/aromatic N) is 2. The average molecular weight is 389 g/mol. The van der Waals surface area contributed by atoms with Gasteiger partial charge in [0.2, 0.25) is 5.91 Å². The second kappa shape index (κ2) is 8.14. The van der Waals surface area contributed by atoms with E-state index in [0.717, 1.165) is 28.1 Å². The molecule has 0 radical (unpaired) electrons. The molecule has 26 heavy (non-hydrogen) atoms. The summed E-state index contributed by atoms with van der Waals surface area (Å²) in [7, 11) is -0.874. The lowest BCUT2D eigenvalue weighted by molar-refractivity contribution is -0.117. The number of fused-ring (bicyclic) bond motifs is 1. The molecule has 1 aliphatic rings. The third-order valence-electron chi connectivity index (χ3n) is 4.39. The van der Waals surface area contributed by atoms with Gasteiger partial charge in [-0.15, -0.1) is 0 Å². The smallest absolute Gasteiger partial charge is 0.248 e. The van der Waals surface area contributed by atoms with Crippen molar-refractivity contribution in [3.05, 3.63) is 64.2 Å². The summed E-state index contributed by atoms with van der Waals surface area (Å²) in [4.78, 5) is 19.1. The molecule has 0 N–H and O–H groups in total. The van der Waals surface area contributed by atoms with Crippen LogP contribution in [0.15, 0.2) is 47.5 Å². The lowest BCUT2D eigenvalue weighted by Crippen LogP contribution is -2.34. The molecule has 6 heteroatoms. The van der Waals surface area contributed by atoms with Gasteiger partial charge in [0.05, 0.1) is 11.4 Å². The van der Waals surface area contributed by atoms with Crippen molar-refractivity contribution in [3.8, 4) is 0 Å². The topological polar surface area (TPSA) is 49.7 Å². The lowest BCUT2D eigenvalue weighted by Gasteiger charge is -2.23. The number of carbonyl (C=O) groups excluding carboxylic acids is 1. The molecular formula is C20H21ClN2O2S. The first-order valence-electron chi connectivity index (χ1n) is 8.48. The van der Waals surface area contributed by atoms with Gasteiger partial charge in [-0.1, -0.05) is 35.9 Å². The Morgan fingerprint density at radius 3 is 2.69 bits per heavy atom. The van der Waals surface area contributed by atoms with E-state index >= 15 is 0 Å². The summed E-state index contributed by atoms with van der Waals surface area (Å²) in [5, 5.41) is 0.606. The van der Waals surface area contributed by atoms with Crippen LogP contribution < -0.4 is 4.90 Å². The van der Waals surface area contributed by atoms with Crippen LogP contribution in [0.2, 0.25) is 5.02 Å². The SMILES string of the molecule is Cc1ccccc1C1=NCC(=O)N(CCCS(C)=O)c2ccc(Cl)cc21. The van der Waals surface area contributed by atoms with E-state index in [4.69, 9.17) is 11.6 Å². The minimum atomic E-state index is -0.874. The van der Waals surface area contributed by atoms with Crippen molar-refractivity contribution in [2.75, 3.05) is 30.0 Å². The fourth-order valence-electron chi connectivity index (χ4n) is 3.12. The van der Waals surface area contributed by atoms with Gasteiger partial charge in [0.25, 0.3) is 0 Å². The quantitative estimate of drug-likeness (QED) is 0.785. The first kappa shape index (κ1) is 18.8. The number of aryl methyl sites for hydroxylation is 1. The van der Waals surface area contributed by atoms with Crippen LogP contribution in [0.5, 0.6) is 0 Å². The van der Waals surface area contributed by atoms with Crippen LogP contribution >= 0.6 is 11.6 Å². The summed E-state index contributed by atoms with van der Waals surface area (Å²) in [5.74, 6) is 0.511. The van der Waals surface area contributed by atoms with Crippen molar-refractivity contribution >= 4 is 39.7 Å². The van der Waals surface area contributed by atoms with E-state index in [-0.39, 0.29) is 12.5 Å². The Hall–Kier alpha value is -1.98. The third-order valence-corrected chi connectivity index (χ3v) is 5.49. The minimum absolute atomic E-state index is 0.0564. The first-order valence-corrected chi connectivity index (χ1v) is 10.6. The molecule has 0 saturated heterocycles. The monoisotopic (exact) mass is 388 g/mol. The summed E-state index contributed by atoms with van der Waals surface area (Å²) in [5.41, 5.74) is 4.55. The molecule has 0 aromatic heterocycles. The summed E-state index contributed by atoms with van der Waals surface area (Å²) < 4.78 is 11.4. The van der Waals surface area contributed by atoms with Crippen LogP contribution in [-0.4, -0.2) is 40.9 Å². The molecule has 1 unspecified atom stereocenters. The van der Waals surface area contributed by atoms with Crippen LogP contribution in [0.25, 0.3) is 0 Å². The number of halogens is 1. The normalized spacial score (nSPS) is 15.3. The van der Waals surface area contributed by atoms with Crippen molar-refractivity contribution in [2.24, 2.45) is 4.99 Å². The zero-order valence-corrected chi connectivity index (χ0v) is 16.4. The molecule has 0 saturated carbocycles. The number of amides is 1. The minimum Gasteiger partial charge on any atom is -0.310 e. The Kier molecular flexibility index (Phi) is 5.89. The highest BCUT2D eigenvalue weighted by Gasteiger charge is 2.25. The van der Waals surface area contributed by atoms with Gasteiger partial charge < -0.3 is 4.90 Å². The summed E-state index contributed by atoms with van der Waals surface area (Å²) >= 11 is 6.25. The van der Waals surface area contributed by atoms with Crippen molar-refractivity contribution in [1.82, 2.24) is 0 Å². The van der Waals surface area contributed by atoms with Gasteiger partial charge in [0.1, 0.15) is 6.54 Å². The lowest BCUT2D eigenvalue weighted by atomic mass is 9.96. The fraction of sp³-hybridized carbons (Fsp3) is 0.300. The van der Waals surface area contributed by atoms with Gasteiger partial charge in [0, 0.05) is 45.5 Å².